The predicted molar refractivity (Wildman–Crippen MR) is 168 cm³/mol. The average molecular weight is 607 g/mol. The summed E-state index contributed by atoms with van der Waals surface area (Å²) < 4.78 is 16.7. The molecular formula is C32H42N6O6. The van der Waals surface area contributed by atoms with E-state index in [1.807, 2.05) is 44.2 Å². The summed E-state index contributed by atoms with van der Waals surface area (Å²) in [4.78, 5) is 44.6. The van der Waals surface area contributed by atoms with E-state index in [2.05, 4.69) is 10.3 Å². The van der Waals surface area contributed by atoms with Gasteiger partial charge in [0, 0.05) is 75.4 Å². The molecule has 4 aliphatic rings. The molecule has 12 heteroatoms. The van der Waals surface area contributed by atoms with Crippen molar-refractivity contribution in [2.75, 3.05) is 57.6 Å². The molecule has 3 amide bonds. The molecule has 0 atom stereocenters. The van der Waals surface area contributed by atoms with Gasteiger partial charge in [-0.2, -0.15) is 0 Å². The third kappa shape index (κ3) is 8.13. The Hall–Kier alpha value is -4.45. The summed E-state index contributed by atoms with van der Waals surface area (Å²) in [6.07, 6.45) is 9.29. The lowest BCUT2D eigenvalue weighted by Gasteiger charge is -2.43. The monoisotopic (exact) mass is 606 g/mol. The van der Waals surface area contributed by atoms with Crippen LogP contribution >= 0.6 is 0 Å². The van der Waals surface area contributed by atoms with Crippen molar-refractivity contribution in [3.63, 3.8) is 0 Å². The van der Waals surface area contributed by atoms with Crippen molar-refractivity contribution < 1.29 is 28.6 Å². The van der Waals surface area contributed by atoms with Gasteiger partial charge in [0.2, 0.25) is 0 Å². The van der Waals surface area contributed by atoms with Crippen molar-refractivity contribution >= 4 is 41.9 Å². The normalized spacial score (nSPS) is 19.8. The summed E-state index contributed by atoms with van der Waals surface area (Å²) in [7, 11) is 1.71. The second kappa shape index (κ2) is 14.8. The van der Waals surface area contributed by atoms with Crippen LogP contribution in [0.15, 0.2) is 30.5 Å². The van der Waals surface area contributed by atoms with Crippen LogP contribution in [0.3, 0.4) is 0 Å². The molecule has 1 aromatic heterocycles. The number of aryl methyl sites for hydroxylation is 2. The number of hydrogen-bond acceptors (Lipinski definition) is 9. The first-order valence-corrected chi connectivity index (χ1v) is 14.9. The number of pyridine rings is 1. The molecule has 0 radical (unpaired) electrons. The fraction of sp³-hybridized carbons (Fsp3) is 0.469. The molecule has 0 unspecified atom stereocenters. The van der Waals surface area contributed by atoms with Crippen LogP contribution in [-0.2, 0) is 24.6 Å². The lowest BCUT2D eigenvalue weighted by Crippen LogP contribution is -2.50. The van der Waals surface area contributed by atoms with E-state index in [-0.39, 0.29) is 12.5 Å². The zero-order valence-corrected chi connectivity index (χ0v) is 25.7. The van der Waals surface area contributed by atoms with Crippen LogP contribution in [0.4, 0.5) is 21.1 Å². The summed E-state index contributed by atoms with van der Waals surface area (Å²) in [6.45, 7) is 6.07. The first-order chi connectivity index (χ1) is 21.1. The average Bonchev–Trinajstić information content (AvgIpc) is 3.01. The standard InChI is InChI=1S/C23H30N4O6.C9H12N2/c1-26-9-3-2-4-12-31-13-5-6-17-14-18-20(24-15-17)25-21(29)33-23(18)7-10-27(11-8-23)22(30)32-16-19(26)28;1-6-3-7(2)9(11)8(4-6)5-10/h5-6,14-15H,2-4,7-13,16H2,1H3,(H,24,25,29);3-5,10H,11H2,1-2H3/b6-5+;. The number of likely N-dealkylation sites (N-methyl/N-ethyl adjacent to an activating group) is 1. The van der Waals surface area contributed by atoms with Gasteiger partial charge in [0.25, 0.3) is 5.91 Å². The van der Waals surface area contributed by atoms with E-state index in [1.165, 1.54) is 6.21 Å². The SMILES string of the molecule is CN1CCCCCOC/C=C/c2cnc3c(c2)C2(CCN(CC2)C(=O)OCC1=O)OC(=O)N3.Cc1cc(C)c(N)c(C=N)c1. The molecule has 1 aromatic carbocycles. The van der Waals surface area contributed by atoms with Crippen molar-refractivity contribution in [3.8, 4) is 0 Å². The number of aromatic nitrogens is 1. The molecule has 12 nitrogen and oxygen atoms in total. The zero-order chi connectivity index (χ0) is 31.7. The summed E-state index contributed by atoms with van der Waals surface area (Å²) in [5.41, 5.74) is 10.2. The number of rotatable bonds is 1. The van der Waals surface area contributed by atoms with Crippen LogP contribution < -0.4 is 11.1 Å². The fourth-order valence-corrected chi connectivity index (χ4v) is 5.44. The Kier molecular flexibility index (Phi) is 10.9. The minimum Gasteiger partial charge on any atom is -0.439 e. The van der Waals surface area contributed by atoms with Gasteiger partial charge in [0.15, 0.2) is 6.61 Å². The van der Waals surface area contributed by atoms with E-state index in [9.17, 15) is 14.4 Å². The van der Waals surface area contributed by atoms with E-state index in [1.54, 1.807) is 23.0 Å². The molecular weight excluding hydrogens is 564 g/mol. The number of ether oxygens (including phenoxy) is 3. The van der Waals surface area contributed by atoms with Gasteiger partial charge in [-0.25, -0.2) is 14.6 Å². The van der Waals surface area contributed by atoms with Gasteiger partial charge in [-0.15, -0.1) is 0 Å². The van der Waals surface area contributed by atoms with E-state index < -0.39 is 17.8 Å². The number of piperidine rings is 1. The smallest absolute Gasteiger partial charge is 0.413 e. The lowest BCUT2D eigenvalue weighted by molar-refractivity contribution is -0.133. The molecule has 2 aromatic rings. The zero-order valence-electron chi connectivity index (χ0n) is 25.7. The molecule has 4 aliphatic heterocycles. The number of carbonyl (C=O) groups is 3. The maximum atomic E-state index is 12.5. The van der Waals surface area contributed by atoms with E-state index >= 15 is 0 Å². The largest absolute Gasteiger partial charge is 0.439 e. The number of carbonyl (C=O) groups excluding carboxylic acids is 3. The maximum Gasteiger partial charge on any atom is 0.413 e. The van der Waals surface area contributed by atoms with Crippen molar-refractivity contribution in [1.82, 2.24) is 14.8 Å². The highest BCUT2D eigenvalue weighted by molar-refractivity contribution is 5.88. The first-order valence-electron chi connectivity index (χ1n) is 14.9. The van der Waals surface area contributed by atoms with Crippen LogP contribution in [0.25, 0.3) is 6.08 Å². The lowest BCUT2D eigenvalue weighted by atomic mass is 9.83. The minimum absolute atomic E-state index is 0.232. The van der Waals surface area contributed by atoms with E-state index in [0.717, 1.165) is 47.1 Å². The van der Waals surface area contributed by atoms with Gasteiger partial charge in [0.05, 0.1) is 6.61 Å². The quantitative estimate of drug-likeness (QED) is 0.313. The summed E-state index contributed by atoms with van der Waals surface area (Å²) in [5, 5.41) is 9.74. The summed E-state index contributed by atoms with van der Waals surface area (Å²) in [6, 6.07) is 5.89. The Labute approximate surface area is 258 Å². The fourth-order valence-electron chi connectivity index (χ4n) is 5.44. The third-order valence-electron chi connectivity index (χ3n) is 8.01. The molecule has 0 aliphatic carbocycles. The van der Waals surface area contributed by atoms with Crippen molar-refractivity contribution in [1.29, 1.82) is 5.41 Å². The van der Waals surface area contributed by atoms with Crippen LogP contribution in [-0.4, -0.2) is 85.6 Å². The molecule has 0 saturated carbocycles. The number of amides is 3. The molecule has 5 heterocycles. The number of anilines is 2. The van der Waals surface area contributed by atoms with Gasteiger partial charge in [-0.1, -0.05) is 23.8 Å². The molecule has 4 N–H and O–H groups in total. The van der Waals surface area contributed by atoms with Crippen LogP contribution in [0.5, 0.6) is 0 Å². The van der Waals surface area contributed by atoms with Gasteiger partial charge >= 0.3 is 12.2 Å². The number of hydrogen-bond donors (Lipinski definition) is 3. The van der Waals surface area contributed by atoms with Crippen molar-refractivity contribution in [3.05, 3.63) is 58.3 Å². The predicted octanol–water partition coefficient (Wildman–Crippen LogP) is 4.63. The molecule has 236 valence electrons. The number of nitrogens with one attached hydrogen (secondary N) is 2. The number of fused-ring (bicyclic) bond motifs is 14. The van der Waals surface area contributed by atoms with Gasteiger partial charge in [-0.05, 0) is 56.4 Å². The highest BCUT2D eigenvalue weighted by atomic mass is 16.6. The first kappa shape index (κ1) is 32.5. The Morgan fingerprint density at radius 1 is 1.07 bits per heavy atom. The van der Waals surface area contributed by atoms with Crippen LogP contribution in [0, 0.1) is 19.3 Å². The van der Waals surface area contributed by atoms with Crippen LogP contribution in [0.2, 0.25) is 0 Å². The topological polar surface area (TPSA) is 160 Å². The molecule has 1 fully saturated rings. The number of benzene rings is 1. The second-order valence-corrected chi connectivity index (χ2v) is 11.3. The number of nitrogens with two attached hydrogens (primary N) is 1. The van der Waals surface area contributed by atoms with E-state index in [4.69, 9.17) is 25.4 Å². The van der Waals surface area contributed by atoms with E-state index in [0.29, 0.717) is 57.2 Å². The summed E-state index contributed by atoms with van der Waals surface area (Å²) in [5.74, 6) is 0.242. The maximum absolute atomic E-state index is 12.5. The molecule has 1 spiro atoms. The molecule has 6 rings (SSSR count). The van der Waals surface area contributed by atoms with Gasteiger partial charge in [-0.3, -0.25) is 10.1 Å². The Morgan fingerprint density at radius 3 is 2.59 bits per heavy atom. The summed E-state index contributed by atoms with van der Waals surface area (Å²) >= 11 is 0. The molecule has 1 saturated heterocycles. The van der Waals surface area contributed by atoms with Crippen LogP contribution in [0.1, 0.15) is 59.9 Å². The number of nitrogens with zero attached hydrogens (tertiary/aromatic N) is 3. The van der Waals surface area contributed by atoms with Crippen molar-refractivity contribution in [2.45, 2.75) is 51.6 Å². The minimum atomic E-state index is -0.864. The second-order valence-electron chi connectivity index (χ2n) is 11.3. The van der Waals surface area contributed by atoms with Gasteiger partial charge in [0.1, 0.15) is 11.4 Å². The molecule has 4 bridgehead atoms. The van der Waals surface area contributed by atoms with Gasteiger partial charge < -0.3 is 35.2 Å². The van der Waals surface area contributed by atoms with Crippen molar-refractivity contribution in [2.24, 2.45) is 0 Å². The molecule has 44 heavy (non-hydrogen) atoms. The highest BCUT2D eigenvalue weighted by Crippen LogP contribution is 2.43. The third-order valence-corrected chi connectivity index (χ3v) is 8.01. The number of nitrogen functional groups attached to an aromatic ring is 1. The Bertz CT molecular complexity index is 1400. The highest BCUT2D eigenvalue weighted by Gasteiger charge is 2.46. The Balaban J connectivity index is 0.000000339. The Morgan fingerprint density at radius 2 is 1.84 bits per heavy atom.